The summed E-state index contributed by atoms with van der Waals surface area (Å²) >= 11 is 0. The quantitative estimate of drug-likeness (QED) is 0.630. The van der Waals surface area contributed by atoms with Crippen LogP contribution >= 0.6 is 0 Å². The van der Waals surface area contributed by atoms with Crippen molar-refractivity contribution in [2.45, 2.75) is 38.2 Å². The Morgan fingerprint density at radius 3 is 2.52 bits per heavy atom. The summed E-state index contributed by atoms with van der Waals surface area (Å²) in [5, 5.41) is 0. The highest BCUT2D eigenvalue weighted by atomic mass is 16.5. The van der Waals surface area contributed by atoms with Crippen molar-refractivity contribution in [2.75, 3.05) is 20.1 Å². The number of ether oxygens (including phenoxy) is 1. The van der Waals surface area contributed by atoms with Gasteiger partial charge in [0.2, 0.25) is 0 Å². The van der Waals surface area contributed by atoms with E-state index in [1.165, 1.54) is 18.4 Å². The third-order valence-corrected chi connectivity index (χ3v) is 4.45. The van der Waals surface area contributed by atoms with Gasteiger partial charge in [0.25, 0.3) is 0 Å². The van der Waals surface area contributed by atoms with Gasteiger partial charge in [0.05, 0.1) is 5.57 Å². The molecular weight excluding hydrogens is 262 g/mol. The molecule has 0 spiro atoms. The number of allylic oxidation sites excluding steroid dienone is 1. The fourth-order valence-electron chi connectivity index (χ4n) is 3.32. The van der Waals surface area contributed by atoms with E-state index in [4.69, 9.17) is 4.74 Å². The van der Waals surface area contributed by atoms with Gasteiger partial charge in [-0.2, -0.15) is 0 Å². The minimum absolute atomic E-state index is 0.0446. The highest BCUT2D eigenvalue weighted by molar-refractivity contribution is 6.17. The minimum Gasteiger partial charge on any atom is -0.457 e. The number of hydrogen-bond donors (Lipinski definition) is 0. The zero-order valence-electron chi connectivity index (χ0n) is 12.7. The molecule has 1 unspecified atom stereocenters. The van der Waals surface area contributed by atoms with Crippen LogP contribution in [0.25, 0.3) is 5.57 Å². The zero-order chi connectivity index (χ0) is 14.7. The summed E-state index contributed by atoms with van der Waals surface area (Å²) in [5.41, 5.74) is 3.10. The predicted molar refractivity (Wildman–Crippen MR) is 83.8 cm³/mol. The number of esters is 1. The molecule has 0 radical (unpaired) electrons. The van der Waals surface area contributed by atoms with Gasteiger partial charge in [0.1, 0.15) is 6.10 Å². The molecule has 0 bridgehead atoms. The van der Waals surface area contributed by atoms with Gasteiger partial charge < -0.3 is 9.64 Å². The summed E-state index contributed by atoms with van der Waals surface area (Å²) in [6.07, 6.45) is 5.42. The molecule has 1 aliphatic heterocycles. The lowest BCUT2D eigenvalue weighted by Crippen LogP contribution is -2.23. The molecule has 1 saturated carbocycles. The first-order chi connectivity index (χ1) is 10.2. The van der Waals surface area contributed by atoms with E-state index >= 15 is 0 Å². The average molecular weight is 285 g/mol. The van der Waals surface area contributed by atoms with E-state index in [0.717, 1.165) is 43.5 Å². The number of benzene rings is 1. The van der Waals surface area contributed by atoms with Gasteiger partial charge in [-0.3, -0.25) is 0 Å². The van der Waals surface area contributed by atoms with Crippen LogP contribution in [0.3, 0.4) is 0 Å². The van der Waals surface area contributed by atoms with Crippen LogP contribution in [0.2, 0.25) is 0 Å². The highest BCUT2D eigenvalue weighted by Crippen LogP contribution is 2.33. The molecule has 2 fully saturated rings. The summed E-state index contributed by atoms with van der Waals surface area (Å²) in [4.78, 5) is 14.9. The molecule has 2 aliphatic rings. The fourth-order valence-corrected chi connectivity index (χ4v) is 3.32. The SMILES string of the molecule is CN1CCC(OC(=O)C(=C2CCCC2)c2ccccc2)C1. The summed E-state index contributed by atoms with van der Waals surface area (Å²) in [7, 11) is 2.07. The summed E-state index contributed by atoms with van der Waals surface area (Å²) in [6, 6.07) is 9.99. The third kappa shape index (κ3) is 3.35. The van der Waals surface area contributed by atoms with E-state index in [1.54, 1.807) is 0 Å². The van der Waals surface area contributed by atoms with E-state index in [2.05, 4.69) is 11.9 Å². The van der Waals surface area contributed by atoms with Gasteiger partial charge >= 0.3 is 5.97 Å². The zero-order valence-corrected chi connectivity index (χ0v) is 12.7. The average Bonchev–Trinajstić information content (AvgIpc) is 3.13. The van der Waals surface area contributed by atoms with Gasteiger partial charge in [-0.1, -0.05) is 35.9 Å². The van der Waals surface area contributed by atoms with Crippen molar-refractivity contribution in [2.24, 2.45) is 0 Å². The number of nitrogens with zero attached hydrogens (tertiary/aromatic N) is 1. The Morgan fingerprint density at radius 2 is 1.90 bits per heavy atom. The van der Waals surface area contributed by atoms with E-state index < -0.39 is 0 Å². The van der Waals surface area contributed by atoms with Crippen LogP contribution in [0.4, 0.5) is 0 Å². The maximum absolute atomic E-state index is 12.7. The van der Waals surface area contributed by atoms with E-state index in [9.17, 15) is 4.79 Å². The van der Waals surface area contributed by atoms with Crippen molar-refractivity contribution in [3.63, 3.8) is 0 Å². The van der Waals surface area contributed by atoms with Gasteiger partial charge in [-0.25, -0.2) is 4.79 Å². The second kappa shape index (κ2) is 6.44. The number of hydrogen-bond acceptors (Lipinski definition) is 3. The maximum Gasteiger partial charge on any atom is 0.339 e. The lowest BCUT2D eigenvalue weighted by Gasteiger charge is -2.16. The molecule has 0 amide bonds. The molecule has 21 heavy (non-hydrogen) atoms. The molecule has 1 aliphatic carbocycles. The van der Waals surface area contributed by atoms with Crippen LogP contribution in [0, 0.1) is 0 Å². The van der Waals surface area contributed by atoms with Crippen LogP contribution in [-0.4, -0.2) is 37.1 Å². The van der Waals surface area contributed by atoms with Gasteiger partial charge in [-0.15, -0.1) is 0 Å². The molecule has 0 N–H and O–H groups in total. The molecule has 1 aromatic carbocycles. The molecule has 1 heterocycles. The predicted octanol–water partition coefficient (Wildman–Crippen LogP) is 3.26. The standard InChI is InChI=1S/C18H23NO2/c1-19-12-11-16(13-19)21-18(20)17(15-9-5-6-10-15)14-7-3-2-4-8-14/h2-4,7-8,16H,5-6,9-13H2,1H3. The molecule has 112 valence electrons. The van der Waals surface area contributed by atoms with Crippen LogP contribution < -0.4 is 0 Å². The van der Waals surface area contributed by atoms with Gasteiger partial charge in [0.15, 0.2) is 0 Å². The van der Waals surface area contributed by atoms with Crippen molar-refractivity contribution < 1.29 is 9.53 Å². The van der Waals surface area contributed by atoms with E-state index in [0.29, 0.717) is 0 Å². The van der Waals surface area contributed by atoms with Crippen LogP contribution in [0.5, 0.6) is 0 Å². The van der Waals surface area contributed by atoms with Crippen LogP contribution in [0.1, 0.15) is 37.7 Å². The number of likely N-dealkylation sites (tertiary alicyclic amines) is 1. The third-order valence-electron chi connectivity index (χ3n) is 4.45. The Labute approximate surface area is 126 Å². The lowest BCUT2D eigenvalue weighted by atomic mass is 9.99. The van der Waals surface area contributed by atoms with Gasteiger partial charge in [-0.05, 0) is 44.7 Å². The van der Waals surface area contributed by atoms with Gasteiger partial charge in [0, 0.05) is 13.1 Å². The second-order valence-electron chi connectivity index (χ2n) is 6.13. The summed E-state index contributed by atoms with van der Waals surface area (Å²) < 4.78 is 5.77. The molecular formula is C18H23NO2. The topological polar surface area (TPSA) is 29.5 Å². The Bertz CT molecular complexity index is 527. The molecule has 1 aromatic rings. The molecule has 3 rings (SSSR count). The number of carbonyl (C=O) groups excluding carboxylic acids is 1. The Balaban J connectivity index is 1.82. The highest BCUT2D eigenvalue weighted by Gasteiger charge is 2.27. The lowest BCUT2D eigenvalue weighted by molar-refractivity contribution is -0.141. The molecule has 3 heteroatoms. The van der Waals surface area contributed by atoms with Crippen molar-refractivity contribution in [1.82, 2.24) is 4.90 Å². The first-order valence-corrected chi connectivity index (χ1v) is 7.91. The van der Waals surface area contributed by atoms with E-state index in [1.807, 2.05) is 30.3 Å². The first-order valence-electron chi connectivity index (χ1n) is 7.91. The van der Waals surface area contributed by atoms with E-state index in [-0.39, 0.29) is 12.1 Å². The Hall–Kier alpha value is -1.61. The molecule has 1 saturated heterocycles. The van der Waals surface area contributed by atoms with Crippen molar-refractivity contribution in [3.05, 3.63) is 41.5 Å². The summed E-state index contributed by atoms with van der Waals surface area (Å²) in [5.74, 6) is -0.126. The second-order valence-corrected chi connectivity index (χ2v) is 6.13. The maximum atomic E-state index is 12.7. The van der Waals surface area contributed by atoms with Crippen LogP contribution in [0.15, 0.2) is 35.9 Å². The monoisotopic (exact) mass is 285 g/mol. The van der Waals surface area contributed by atoms with Crippen molar-refractivity contribution in [3.8, 4) is 0 Å². The smallest absolute Gasteiger partial charge is 0.339 e. The summed E-state index contributed by atoms with van der Waals surface area (Å²) in [6.45, 7) is 1.86. The first kappa shape index (κ1) is 14.3. The fraction of sp³-hybridized carbons (Fsp3) is 0.500. The number of rotatable bonds is 3. The molecule has 3 nitrogen and oxygen atoms in total. The normalized spacial score (nSPS) is 22.5. The Kier molecular flexibility index (Phi) is 4.39. The van der Waals surface area contributed by atoms with Crippen molar-refractivity contribution in [1.29, 1.82) is 0 Å². The molecule has 0 aromatic heterocycles. The van der Waals surface area contributed by atoms with Crippen molar-refractivity contribution >= 4 is 11.5 Å². The number of likely N-dealkylation sites (N-methyl/N-ethyl adjacent to an activating group) is 1. The minimum atomic E-state index is -0.126. The largest absolute Gasteiger partial charge is 0.457 e. The Morgan fingerprint density at radius 1 is 1.19 bits per heavy atom. The molecule has 1 atom stereocenters. The number of carbonyl (C=O) groups is 1. The van der Waals surface area contributed by atoms with Crippen LogP contribution in [-0.2, 0) is 9.53 Å².